The summed E-state index contributed by atoms with van der Waals surface area (Å²) in [6, 6.07) is 4.73. The molecule has 7 nitrogen and oxygen atoms in total. The lowest BCUT2D eigenvalue weighted by Crippen LogP contribution is -2.41. The molecular formula is C16H24N2O5S. The zero-order valence-corrected chi connectivity index (χ0v) is 14.7. The third kappa shape index (κ3) is 6.67. The van der Waals surface area contributed by atoms with Crippen LogP contribution in [0.25, 0.3) is 0 Å². The number of sulfonamides is 1. The first-order chi connectivity index (χ1) is 11.3. The van der Waals surface area contributed by atoms with Gasteiger partial charge in [-0.25, -0.2) is 8.42 Å². The SMILES string of the molecule is CCCCNC(=O)CC[C@@H](NS(=O)(=O)c1ccc(C)cc1)C(=O)O. The largest absolute Gasteiger partial charge is 0.480 e. The van der Waals surface area contributed by atoms with Crippen LogP contribution in [0.3, 0.4) is 0 Å². The smallest absolute Gasteiger partial charge is 0.321 e. The van der Waals surface area contributed by atoms with Crippen molar-refractivity contribution in [3.63, 3.8) is 0 Å². The normalized spacial score (nSPS) is 12.6. The molecule has 3 N–H and O–H groups in total. The molecule has 8 heteroatoms. The molecule has 0 heterocycles. The zero-order chi connectivity index (χ0) is 18.2. The number of nitrogens with one attached hydrogen (secondary N) is 2. The summed E-state index contributed by atoms with van der Waals surface area (Å²) in [4.78, 5) is 22.9. The molecule has 0 saturated carbocycles. The second kappa shape index (κ2) is 9.39. The van der Waals surface area contributed by atoms with Crippen molar-refractivity contribution in [2.45, 2.75) is 50.5 Å². The second-order valence-corrected chi connectivity index (χ2v) is 7.28. The highest BCUT2D eigenvalue weighted by molar-refractivity contribution is 7.89. The summed E-state index contributed by atoms with van der Waals surface area (Å²) in [5.74, 6) is -1.60. The number of carbonyl (C=O) groups is 2. The van der Waals surface area contributed by atoms with E-state index in [1.807, 2.05) is 13.8 Å². The highest BCUT2D eigenvalue weighted by Crippen LogP contribution is 2.12. The Bertz CT molecular complexity index is 656. The van der Waals surface area contributed by atoms with E-state index in [1.165, 1.54) is 12.1 Å². The standard InChI is InChI=1S/C16H24N2O5S/c1-3-4-11-17-15(19)10-9-14(16(20)21)18-24(22,23)13-7-5-12(2)6-8-13/h5-8,14,18H,3-4,9-11H2,1-2H3,(H,17,19)(H,20,21)/t14-/m1/s1. The van der Waals surface area contributed by atoms with Crippen LogP contribution in [0.15, 0.2) is 29.2 Å². The number of carboxylic acids is 1. The first-order valence-electron chi connectivity index (χ1n) is 7.84. The Morgan fingerprint density at radius 2 is 1.83 bits per heavy atom. The molecule has 0 saturated heterocycles. The highest BCUT2D eigenvalue weighted by Gasteiger charge is 2.25. The number of aryl methyl sites for hydroxylation is 1. The number of unbranched alkanes of at least 4 members (excludes halogenated alkanes) is 1. The van der Waals surface area contributed by atoms with Crippen LogP contribution in [0.5, 0.6) is 0 Å². The lowest BCUT2D eigenvalue weighted by Gasteiger charge is -2.15. The van der Waals surface area contributed by atoms with E-state index in [2.05, 4.69) is 10.0 Å². The highest BCUT2D eigenvalue weighted by atomic mass is 32.2. The van der Waals surface area contributed by atoms with Gasteiger partial charge in [-0.1, -0.05) is 31.0 Å². The third-order valence-corrected chi connectivity index (χ3v) is 4.93. The van der Waals surface area contributed by atoms with Gasteiger partial charge in [-0.3, -0.25) is 9.59 Å². The monoisotopic (exact) mass is 356 g/mol. The van der Waals surface area contributed by atoms with Gasteiger partial charge in [-0.2, -0.15) is 4.72 Å². The first kappa shape index (κ1) is 20.1. The Labute approximate surface area is 142 Å². The molecular weight excluding hydrogens is 332 g/mol. The van der Waals surface area contributed by atoms with Crippen LogP contribution in [0.2, 0.25) is 0 Å². The molecule has 0 spiro atoms. The number of benzene rings is 1. The Balaban J connectivity index is 2.67. The maximum Gasteiger partial charge on any atom is 0.321 e. The van der Waals surface area contributed by atoms with Gasteiger partial charge >= 0.3 is 5.97 Å². The van der Waals surface area contributed by atoms with E-state index in [4.69, 9.17) is 0 Å². The Hall–Kier alpha value is -1.93. The van der Waals surface area contributed by atoms with E-state index in [0.717, 1.165) is 18.4 Å². The Morgan fingerprint density at radius 3 is 2.38 bits per heavy atom. The number of rotatable bonds is 10. The summed E-state index contributed by atoms with van der Waals surface area (Å²) >= 11 is 0. The molecule has 0 bridgehead atoms. The molecule has 1 aromatic rings. The molecule has 0 radical (unpaired) electrons. The van der Waals surface area contributed by atoms with Gasteiger partial charge < -0.3 is 10.4 Å². The van der Waals surface area contributed by atoms with E-state index in [9.17, 15) is 23.1 Å². The fourth-order valence-corrected chi connectivity index (χ4v) is 3.20. The molecule has 0 aliphatic rings. The second-order valence-electron chi connectivity index (χ2n) is 5.57. The number of carbonyl (C=O) groups excluding carboxylic acids is 1. The van der Waals surface area contributed by atoms with Crippen molar-refractivity contribution >= 4 is 21.9 Å². The third-order valence-electron chi connectivity index (χ3n) is 3.44. The predicted octanol–water partition coefficient (Wildman–Crippen LogP) is 1.42. The summed E-state index contributed by atoms with van der Waals surface area (Å²) in [6.07, 6.45) is 1.61. The molecule has 1 rings (SSSR count). The molecule has 0 aromatic heterocycles. The van der Waals surface area contributed by atoms with Crippen LogP contribution in [0.1, 0.15) is 38.2 Å². The van der Waals surface area contributed by atoms with Crippen LogP contribution in [0.4, 0.5) is 0 Å². The Kier molecular flexibility index (Phi) is 7.87. The molecule has 0 aliphatic heterocycles. The molecule has 1 amide bonds. The topological polar surface area (TPSA) is 113 Å². The van der Waals surface area contributed by atoms with E-state index >= 15 is 0 Å². The molecule has 134 valence electrons. The quantitative estimate of drug-likeness (QED) is 0.549. The Morgan fingerprint density at radius 1 is 1.21 bits per heavy atom. The van der Waals surface area contributed by atoms with E-state index in [-0.39, 0.29) is 23.6 Å². The lowest BCUT2D eigenvalue weighted by molar-refractivity contribution is -0.139. The van der Waals surface area contributed by atoms with Crippen LogP contribution in [-0.4, -0.2) is 38.0 Å². The van der Waals surface area contributed by atoms with Crippen LogP contribution < -0.4 is 10.0 Å². The van der Waals surface area contributed by atoms with Gasteiger partial charge in [0.1, 0.15) is 6.04 Å². The van der Waals surface area contributed by atoms with Gasteiger partial charge in [-0.15, -0.1) is 0 Å². The maximum absolute atomic E-state index is 12.2. The van der Waals surface area contributed by atoms with Crippen molar-refractivity contribution in [1.29, 1.82) is 0 Å². The van der Waals surface area contributed by atoms with Crippen molar-refractivity contribution in [2.24, 2.45) is 0 Å². The van der Waals surface area contributed by atoms with E-state index in [0.29, 0.717) is 6.54 Å². The molecule has 0 unspecified atom stereocenters. The molecule has 1 aromatic carbocycles. The van der Waals surface area contributed by atoms with Crippen molar-refractivity contribution in [1.82, 2.24) is 10.0 Å². The van der Waals surface area contributed by atoms with Crippen molar-refractivity contribution in [3.05, 3.63) is 29.8 Å². The minimum absolute atomic E-state index is 0.00764. The van der Waals surface area contributed by atoms with Gasteiger partial charge in [0.15, 0.2) is 0 Å². The maximum atomic E-state index is 12.2. The number of amides is 1. The van der Waals surface area contributed by atoms with Crippen molar-refractivity contribution in [3.8, 4) is 0 Å². The van der Waals surface area contributed by atoms with Gasteiger partial charge in [0.05, 0.1) is 4.90 Å². The van der Waals surface area contributed by atoms with Gasteiger partial charge in [-0.05, 0) is 31.9 Å². The molecule has 24 heavy (non-hydrogen) atoms. The summed E-state index contributed by atoms with van der Waals surface area (Å²) in [7, 11) is -3.95. The first-order valence-corrected chi connectivity index (χ1v) is 9.33. The number of aliphatic carboxylic acids is 1. The zero-order valence-electron chi connectivity index (χ0n) is 13.9. The molecule has 1 atom stereocenters. The molecule has 0 aliphatic carbocycles. The average Bonchev–Trinajstić information content (AvgIpc) is 2.51. The number of hydrogen-bond acceptors (Lipinski definition) is 4. The summed E-state index contributed by atoms with van der Waals surface area (Å²) in [5.41, 5.74) is 0.896. The summed E-state index contributed by atoms with van der Waals surface area (Å²) in [5, 5.41) is 11.9. The van der Waals surface area contributed by atoms with E-state index in [1.54, 1.807) is 12.1 Å². The van der Waals surface area contributed by atoms with E-state index < -0.39 is 22.0 Å². The van der Waals surface area contributed by atoms with Crippen LogP contribution >= 0.6 is 0 Å². The number of hydrogen-bond donors (Lipinski definition) is 3. The van der Waals surface area contributed by atoms with Crippen LogP contribution in [-0.2, 0) is 19.6 Å². The van der Waals surface area contributed by atoms with Gasteiger partial charge in [0, 0.05) is 13.0 Å². The van der Waals surface area contributed by atoms with Gasteiger partial charge in [0.2, 0.25) is 15.9 Å². The average molecular weight is 356 g/mol. The minimum Gasteiger partial charge on any atom is -0.480 e. The van der Waals surface area contributed by atoms with Gasteiger partial charge in [0.25, 0.3) is 0 Å². The lowest BCUT2D eigenvalue weighted by atomic mass is 10.1. The molecule has 0 fully saturated rings. The fourth-order valence-electron chi connectivity index (χ4n) is 1.97. The van der Waals surface area contributed by atoms with Crippen molar-refractivity contribution < 1.29 is 23.1 Å². The summed E-state index contributed by atoms with van der Waals surface area (Å²) < 4.78 is 26.6. The summed E-state index contributed by atoms with van der Waals surface area (Å²) in [6.45, 7) is 4.34. The van der Waals surface area contributed by atoms with Crippen molar-refractivity contribution in [2.75, 3.05) is 6.54 Å². The van der Waals surface area contributed by atoms with Crippen LogP contribution in [0, 0.1) is 6.92 Å². The predicted molar refractivity (Wildman–Crippen MR) is 90.1 cm³/mol. The number of carboxylic acid groups (broad SMARTS) is 1. The fraction of sp³-hybridized carbons (Fsp3) is 0.500. The minimum atomic E-state index is -3.95.